The summed E-state index contributed by atoms with van der Waals surface area (Å²) in [7, 11) is 1.64. The van der Waals surface area contributed by atoms with Crippen LogP contribution in [0.25, 0.3) is 0 Å². The van der Waals surface area contributed by atoms with E-state index in [0.29, 0.717) is 25.5 Å². The minimum atomic E-state index is 0.131. The second-order valence-electron chi connectivity index (χ2n) is 6.37. The number of carbonyl (C=O) groups excluding carboxylic acids is 1. The molecule has 0 bridgehead atoms. The smallest absolute Gasteiger partial charge is 0.220 e. The molecule has 0 radical (unpaired) electrons. The first kappa shape index (κ1) is 17.3. The Morgan fingerprint density at radius 1 is 1.12 bits per heavy atom. The molecule has 1 unspecified atom stereocenters. The van der Waals surface area contributed by atoms with Gasteiger partial charge in [0.15, 0.2) is 0 Å². The third-order valence-electron chi connectivity index (χ3n) is 4.66. The molecule has 0 fully saturated rings. The van der Waals surface area contributed by atoms with Crippen molar-refractivity contribution in [3.63, 3.8) is 0 Å². The molecule has 3 rings (SSSR count). The highest BCUT2D eigenvalue weighted by atomic mass is 16.5. The van der Waals surface area contributed by atoms with Gasteiger partial charge in [0.1, 0.15) is 11.5 Å². The van der Waals surface area contributed by atoms with Crippen molar-refractivity contribution in [2.75, 3.05) is 20.3 Å². The SMILES string of the molecule is COc1ccc(OCCCNC(=O)CC2CCc3ccccc32)cc1. The first-order valence-corrected chi connectivity index (χ1v) is 8.87. The van der Waals surface area contributed by atoms with Gasteiger partial charge in [-0.3, -0.25) is 4.79 Å². The minimum absolute atomic E-state index is 0.131. The number of ether oxygens (including phenoxy) is 2. The molecular weight excluding hydrogens is 314 g/mol. The summed E-state index contributed by atoms with van der Waals surface area (Å²) in [5, 5.41) is 3.01. The topological polar surface area (TPSA) is 47.6 Å². The van der Waals surface area contributed by atoms with Crippen LogP contribution >= 0.6 is 0 Å². The predicted molar refractivity (Wildman–Crippen MR) is 98.2 cm³/mol. The third kappa shape index (κ3) is 4.75. The summed E-state index contributed by atoms with van der Waals surface area (Å²) in [6.45, 7) is 1.22. The Labute approximate surface area is 149 Å². The molecule has 0 saturated heterocycles. The molecule has 1 aliphatic rings. The van der Waals surface area contributed by atoms with Crippen molar-refractivity contribution in [1.29, 1.82) is 0 Å². The lowest BCUT2D eigenvalue weighted by molar-refractivity contribution is -0.121. The van der Waals surface area contributed by atoms with Crippen molar-refractivity contribution in [2.45, 2.75) is 31.6 Å². The van der Waals surface area contributed by atoms with E-state index in [1.165, 1.54) is 11.1 Å². The summed E-state index contributed by atoms with van der Waals surface area (Å²) in [5.41, 5.74) is 2.74. The van der Waals surface area contributed by atoms with Crippen LogP contribution in [0.15, 0.2) is 48.5 Å². The zero-order valence-corrected chi connectivity index (χ0v) is 14.7. The van der Waals surface area contributed by atoms with Gasteiger partial charge >= 0.3 is 0 Å². The fourth-order valence-electron chi connectivity index (χ4n) is 3.32. The average Bonchev–Trinajstić information content (AvgIpc) is 3.05. The van der Waals surface area contributed by atoms with Crippen molar-refractivity contribution in [3.05, 3.63) is 59.7 Å². The number of fused-ring (bicyclic) bond motifs is 1. The summed E-state index contributed by atoms with van der Waals surface area (Å²) in [6, 6.07) is 16.0. The lowest BCUT2D eigenvalue weighted by Crippen LogP contribution is -2.26. The third-order valence-corrected chi connectivity index (χ3v) is 4.66. The van der Waals surface area contributed by atoms with E-state index >= 15 is 0 Å². The molecule has 0 aromatic heterocycles. The molecule has 4 nitrogen and oxygen atoms in total. The average molecular weight is 339 g/mol. The maximum absolute atomic E-state index is 12.1. The Balaban J connectivity index is 1.33. The van der Waals surface area contributed by atoms with Gasteiger partial charge in [0.25, 0.3) is 0 Å². The maximum Gasteiger partial charge on any atom is 0.220 e. The van der Waals surface area contributed by atoms with Crippen LogP contribution < -0.4 is 14.8 Å². The van der Waals surface area contributed by atoms with E-state index in [1.54, 1.807) is 7.11 Å². The van der Waals surface area contributed by atoms with Gasteiger partial charge < -0.3 is 14.8 Å². The van der Waals surface area contributed by atoms with Crippen LogP contribution in [0.5, 0.6) is 11.5 Å². The fraction of sp³-hybridized carbons (Fsp3) is 0.381. The van der Waals surface area contributed by atoms with E-state index in [1.807, 2.05) is 24.3 Å². The van der Waals surface area contributed by atoms with E-state index in [2.05, 4.69) is 29.6 Å². The Hall–Kier alpha value is -2.49. The highest BCUT2D eigenvalue weighted by Crippen LogP contribution is 2.34. The van der Waals surface area contributed by atoms with Gasteiger partial charge in [-0.25, -0.2) is 0 Å². The van der Waals surface area contributed by atoms with E-state index in [0.717, 1.165) is 30.8 Å². The summed E-state index contributed by atoms with van der Waals surface area (Å²) in [6.07, 6.45) is 3.53. The minimum Gasteiger partial charge on any atom is -0.497 e. The summed E-state index contributed by atoms with van der Waals surface area (Å²) in [4.78, 5) is 12.1. The molecule has 0 saturated carbocycles. The largest absolute Gasteiger partial charge is 0.497 e. The number of carbonyl (C=O) groups is 1. The van der Waals surface area contributed by atoms with Gasteiger partial charge in [-0.1, -0.05) is 24.3 Å². The van der Waals surface area contributed by atoms with Crippen molar-refractivity contribution in [1.82, 2.24) is 5.32 Å². The zero-order chi connectivity index (χ0) is 17.5. The monoisotopic (exact) mass is 339 g/mol. The van der Waals surface area contributed by atoms with Gasteiger partial charge in [0.05, 0.1) is 13.7 Å². The van der Waals surface area contributed by atoms with E-state index in [9.17, 15) is 4.79 Å². The molecule has 2 aromatic rings. The zero-order valence-electron chi connectivity index (χ0n) is 14.7. The van der Waals surface area contributed by atoms with Gasteiger partial charge in [-0.15, -0.1) is 0 Å². The number of methoxy groups -OCH3 is 1. The number of aryl methyl sites for hydroxylation is 1. The summed E-state index contributed by atoms with van der Waals surface area (Å²) < 4.78 is 10.8. The van der Waals surface area contributed by atoms with Crippen molar-refractivity contribution >= 4 is 5.91 Å². The molecule has 1 amide bonds. The number of hydrogen-bond donors (Lipinski definition) is 1. The molecule has 1 aliphatic carbocycles. The second kappa shape index (κ2) is 8.56. The Morgan fingerprint density at radius 3 is 2.68 bits per heavy atom. The fourth-order valence-corrected chi connectivity index (χ4v) is 3.32. The van der Waals surface area contributed by atoms with Gasteiger partial charge in [-0.2, -0.15) is 0 Å². The van der Waals surface area contributed by atoms with E-state index in [-0.39, 0.29) is 5.91 Å². The molecule has 25 heavy (non-hydrogen) atoms. The lowest BCUT2D eigenvalue weighted by atomic mass is 9.97. The van der Waals surface area contributed by atoms with Crippen LogP contribution in [0.2, 0.25) is 0 Å². The number of amides is 1. The van der Waals surface area contributed by atoms with Crippen molar-refractivity contribution in [2.24, 2.45) is 0 Å². The van der Waals surface area contributed by atoms with Crippen LogP contribution in [0, 0.1) is 0 Å². The molecule has 4 heteroatoms. The van der Waals surface area contributed by atoms with Gasteiger partial charge in [0.2, 0.25) is 5.91 Å². The van der Waals surface area contributed by atoms with Crippen molar-refractivity contribution in [3.8, 4) is 11.5 Å². The first-order valence-electron chi connectivity index (χ1n) is 8.87. The standard InChI is InChI=1S/C21H25NO3/c1-24-18-9-11-19(12-10-18)25-14-4-13-22-21(23)15-17-8-7-16-5-2-3-6-20(16)17/h2-3,5-6,9-12,17H,4,7-8,13-15H2,1H3,(H,22,23). The molecule has 0 spiro atoms. The molecule has 1 atom stereocenters. The van der Waals surface area contributed by atoms with E-state index < -0.39 is 0 Å². The Kier molecular flexibility index (Phi) is 5.94. The maximum atomic E-state index is 12.1. The Bertz CT molecular complexity index is 697. The molecule has 0 aliphatic heterocycles. The quantitative estimate of drug-likeness (QED) is 0.746. The van der Waals surface area contributed by atoms with Crippen LogP contribution in [0.3, 0.4) is 0 Å². The number of hydrogen-bond acceptors (Lipinski definition) is 3. The number of nitrogens with one attached hydrogen (secondary N) is 1. The predicted octanol–water partition coefficient (Wildman–Crippen LogP) is 3.70. The molecular formula is C21H25NO3. The van der Waals surface area contributed by atoms with E-state index in [4.69, 9.17) is 9.47 Å². The molecule has 1 N–H and O–H groups in total. The van der Waals surface area contributed by atoms with Crippen LogP contribution in [0.1, 0.15) is 36.3 Å². The highest BCUT2D eigenvalue weighted by Gasteiger charge is 2.23. The summed E-state index contributed by atoms with van der Waals surface area (Å²) in [5.74, 6) is 2.13. The first-order chi connectivity index (χ1) is 12.3. The van der Waals surface area contributed by atoms with Gasteiger partial charge in [0, 0.05) is 13.0 Å². The highest BCUT2D eigenvalue weighted by molar-refractivity contribution is 5.77. The molecule has 0 heterocycles. The van der Waals surface area contributed by atoms with Crippen LogP contribution in [0.4, 0.5) is 0 Å². The van der Waals surface area contributed by atoms with Crippen LogP contribution in [-0.2, 0) is 11.2 Å². The second-order valence-corrected chi connectivity index (χ2v) is 6.37. The van der Waals surface area contributed by atoms with Crippen molar-refractivity contribution < 1.29 is 14.3 Å². The molecule has 2 aromatic carbocycles. The summed E-state index contributed by atoms with van der Waals surface area (Å²) >= 11 is 0. The normalized spacial score (nSPS) is 15.5. The Morgan fingerprint density at radius 2 is 1.88 bits per heavy atom. The van der Waals surface area contributed by atoms with Gasteiger partial charge in [-0.05, 0) is 60.6 Å². The lowest BCUT2D eigenvalue weighted by Gasteiger charge is -2.12. The number of rotatable bonds is 8. The van der Waals surface area contributed by atoms with Crippen LogP contribution in [-0.4, -0.2) is 26.2 Å². The number of benzene rings is 2. The molecule has 132 valence electrons.